The molecule has 168 valence electrons. The van der Waals surface area contributed by atoms with Crippen LogP contribution in [0.3, 0.4) is 0 Å². The average Bonchev–Trinajstić information content (AvgIpc) is 3.18. The third-order valence-corrected chi connectivity index (χ3v) is 6.31. The van der Waals surface area contributed by atoms with Gasteiger partial charge < -0.3 is 9.64 Å². The summed E-state index contributed by atoms with van der Waals surface area (Å²) in [5, 5.41) is 12.1. The van der Waals surface area contributed by atoms with E-state index in [1.807, 2.05) is 39.0 Å². The summed E-state index contributed by atoms with van der Waals surface area (Å²) in [6, 6.07) is 12.7. The topological polar surface area (TPSA) is 88.8 Å². The van der Waals surface area contributed by atoms with Crippen LogP contribution in [-0.2, 0) is 11.3 Å². The van der Waals surface area contributed by atoms with Crippen molar-refractivity contribution in [3.05, 3.63) is 58.1 Å². The first kappa shape index (κ1) is 22.2. The Morgan fingerprint density at radius 1 is 1.12 bits per heavy atom. The van der Waals surface area contributed by atoms with Crippen LogP contribution in [0.2, 0.25) is 0 Å². The number of piperazine rings is 1. The first-order valence-corrected chi connectivity index (χ1v) is 11.4. The molecule has 0 spiro atoms. The molecule has 0 aliphatic carbocycles. The Kier molecular flexibility index (Phi) is 6.12. The Morgan fingerprint density at radius 3 is 2.53 bits per heavy atom. The van der Waals surface area contributed by atoms with E-state index >= 15 is 0 Å². The number of hydrogen-bond acceptors (Lipinski definition) is 7. The van der Waals surface area contributed by atoms with Crippen LogP contribution >= 0.6 is 11.3 Å². The highest BCUT2D eigenvalue weighted by atomic mass is 32.1. The van der Waals surface area contributed by atoms with Crippen molar-refractivity contribution in [1.82, 2.24) is 14.8 Å². The number of aromatic nitrogens is 1. The molecule has 1 saturated heterocycles. The van der Waals surface area contributed by atoms with Gasteiger partial charge in [-0.3, -0.25) is 15.0 Å². The zero-order valence-corrected chi connectivity index (χ0v) is 19.2. The molecule has 1 fully saturated rings. The van der Waals surface area contributed by atoms with Gasteiger partial charge in [0.1, 0.15) is 10.6 Å². The maximum Gasteiger partial charge on any atom is 0.410 e. The second-order valence-corrected chi connectivity index (χ2v) is 9.83. The maximum atomic E-state index is 12.3. The van der Waals surface area contributed by atoms with E-state index in [4.69, 9.17) is 9.72 Å². The molecule has 0 unspecified atom stereocenters. The predicted octanol–water partition coefficient (Wildman–Crippen LogP) is 4.92. The summed E-state index contributed by atoms with van der Waals surface area (Å²) in [7, 11) is 0. The number of nitrogens with zero attached hydrogens (tertiary/aromatic N) is 4. The minimum atomic E-state index is -0.500. The molecule has 0 N–H and O–H groups in total. The molecule has 2 heterocycles. The normalized spacial score (nSPS) is 15.2. The second-order valence-electron chi connectivity index (χ2n) is 8.80. The molecule has 9 heteroatoms. The third-order valence-electron chi connectivity index (χ3n) is 5.25. The van der Waals surface area contributed by atoms with Crippen LogP contribution in [0.5, 0.6) is 0 Å². The molecule has 0 radical (unpaired) electrons. The molecule has 1 aliphatic rings. The summed E-state index contributed by atoms with van der Waals surface area (Å²) in [6.45, 7) is 9.04. The van der Waals surface area contributed by atoms with Crippen LogP contribution in [0.15, 0.2) is 42.5 Å². The number of thiazole rings is 1. The largest absolute Gasteiger partial charge is 0.444 e. The molecule has 0 atom stereocenters. The molecule has 8 nitrogen and oxygen atoms in total. The van der Waals surface area contributed by atoms with Gasteiger partial charge in [0.15, 0.2) is 0 Å². The van der Waals surface area contributed by atoms with Gasteiger partial charge in [0.2, 0.25) is 0 Å². The number of para-hydroxylation sites is 2. The Balaban J connectivity index is 1.50. The van der Waals surface area contributed by atoms with Gasteiger partial charge in [0.25, 0.3) is 5.69 Å². The fraction of sp³-hybridized carbons (Fsp3) is 0.391. The smallest absolute Gasteiger partial charge is 0.410 e. The molecular weight excluding hydrogens is 428 g/mol. The van der Waals surface area contributed by atoms with Crippen molar-refractivity contribution in [3.63, 3.8) is 0 Å². The van der Waals surface area contributed by atoms with Crippen molar-refractivity contribution >= 4 is 33.3 Å². The summed E-state index contributed by atoms with van der Waals surface area (Å²) in [6.07, 6.45) is -0.271. The Bertz CT molecular complexity index is 1150. The fourth-order valence-corrected chi connectivity index (χ4v) is 4.77. The van der Waals surface area contributed by atoms with Gasteiger partial charge in [-0.25, -0.2) is 9.78 Å². The number of fused-ring (bicyclic) bond motifs is 1. The number of benzene rings is 2. The van der Waals surface area contributed by atoms with Gasteiger partial charge in [-0.15, -0.1) is 11.3 Å². The van der Waals surface area contributed by atoms with Gasteiger partial charge in [-0.05, 0) is 38.5 Å². The maximum absolute atomic E-state index is 12.3. The predicted molar refractivity (Wildman–Crippen MR) is 125 cm³/mol. The lowest BCUT2D eigenvalue weighted by molar-refractivity contribution is -0.384. The molecule has 1 amide bonds. The third kappa shape index (κ3) is 4.89. The molecule has 0 saturated carbocycles. The number of hydrogen-bond donors (Lipinski definition) is 0. The van der Waals surface area contributed by atoms with Crippen molar-refractivity contribution in [2.75, 3.05) is 26.2 Å². The van der Waals surface area contributed by atoms with E-state index in [9.17, 15) is 14.9 Å². The fourth-order valence-electron chi connectivity index (χ4n) is 3.72. The highest BCUT2D eigenvalue weighted by Gasteiger charge is 2.26. The number of nitro benzene ring substituents is 1. The number of carbonyl (C=O) groups excluding carboxylic acids is 1. The summed E-state index contributed by atoms with van der Waals surface area (Å²) < 4.78 is 6.47. The lowest BCUT2D eigenvalue weighted by atomic mass is 10.1. The van der Waals surface area contributed by atoms with Crippen molar-refractivity contribution in [2.45, 2.75) is 32.9 Å². The van der Waals surface area contributed by atoms with Crippen molar-refractivity contribution in [2.24, 2.45) is 0 Å². The zero-order valence-electron chi connectivity index (χ0n) is 18.4. The lowest BCUT2D eigenvalue weighted by Crippen LogP contribution is -2.49. The van der Waals surface area contributed by atoms with E-state index in [0.717, 1.165) is 28.9 Å². The van der Waals surface area contributed by atoms with E-state index < -0.39 is 5.60 Å². The van der Waals surface area contributed by atoms with Crippen LogP contribution < -0.4 is 0 Å². The van der Waals surface area contributed by atoms with Gasteiger partial charge in [0.05, 0.1) is 20.7 Å². The average molecular weight is 455 g/mol. The summed E-state index contributed by atoms with van der Waals surface area (Å²) in [5.41, 5.74) is 2.05. The number of carbonyl (C=O) groups is 1. The van der Waals surface area contributed by atoms with E-state index in [0.29, 0.717) is 30.2 Å². The minimum Gasteiger partial charge on any atom is -0.444 e. The van der Waals surface area contributed by atoms with Crippen LogP contribution in [-0.4, -0.2) is 57.6 Å². The van der Waals surface area contributed by atoms with Crippen LogP contribution in [0.25, 0.3) is 20.8 Å². The monoisotopic (exact) mass is 454 g/mol. The molecule has 32 heavy (non-hydrogen) atoms. The summed E-state index contributed by atoms with van der Waals surface area (Å²) in [5.74, 6) is 0. The summed E-state index contributed by atoms with van der Waals surface area (Å²) >= 11 is 1.46. The van der Waals surface area contributed by atoms with Crippen molar-refractivity contribution in [3.8, 4) is 10.6 Å². The highest BCUT2D eigenvalue weighted by molar-refractivity contribution is 7.21. The second kappa shape index (κ2) is 8.84. The Morgan fingerprint density at radius 2 is 1.84 bits per heavy atom. The first-order chi connectivity index (χ1) is 15.2. The number of ether oxygens (including phenoxy) is 1. The van der Waals surface area contributed by atoms with Crippen LogP contribution in [0, 0.1) is 10.1 Å². The standard InChI is InChI=1S/C23H26N4O4S/c1-23(2,3)31-22(28)26-13-11-25(12-14-26)15-16-7-6-10-19-20(16)24-21(32-19)17-8-4-5-9-18(17)27(29)30/h4-10H,11-15H2,1-3H3. The van der Waals surface area contributed by atoms with Gasteiger partial charge in [0, 0.05) is 38.8 Å². The number of amides is 1. The molecule has 1 aliphatic heterocycles. The summed E-state index contributed by atoms with van der Waals surface area (Å²) in [4.78, 5) is 32.2. The van der Waals surface area contributed by atoms with E-state index in [2.05, 4.69) is 4.90 Å². The molecule has 1 aromatic heterocycles. The number of nitro groups is 1. The molecule has 0 bridgehead atoms. The van der Waals surface area contributed by atoms with E-state index in [1.165, 1.54) is 17.4 Å². The Labute approximate surface area is 190 Å². The zero-order chi connectivity index (χ0) is 22.9. The van der Waals surface area contributed by atoms with Crippen LogP contribution in [0.1, 0.15) is 26.3 Å². The van der Waals surface area contributed by atoms with Crippen LogP contribution in [0.4, 0.5) is 10.5 Å². The Hall–Kier alpha value is -3.04. The quantitative estimate of drug-likeness (QED) is 0.410. The first-order valence-electron chi connectivity index (χ1n) is 10.5. The molecule has 2 aromatic carbocycles. The van der Waals surface area contributed by atoms with E-state index in [1.54, 1.807) is 23.1 Å². The van der Waals surface area contributed by atoms with Gasteiger partial charge >= 0.3 is 6.09 Å². The number of rotatable bonds is 4. The highest BCUT2D eigenvalue weighted by Crippen LogP contribution is 2.36. The van der Waals surface area contributed by atoms with Crippen molar-refractivity contribution in [1.29, 1.82) is 0 Å². The van der Waals surface area contributed by atoms with E-state index in [-0.39, 0.29) is 16.7 Å². The molecule has 3 aromatic rings. The molecular formula is C23H26N4O4S. The minimum absolute atomic E-state index is 0.0615. The molecule has 4 rings (SSSR count). The SMILES string of the molecule is CC(C)(C)OC(=O)N1CCN(Cc2cccc3sc(-c4ccccc4[N+](=O)[O-])nc23)CC1. The van der Waals surface area contributed by atoms with Crippen molar-refractivity contribution < 1.29 is 14.5 Å². The van der Waals surface area contributed by atoms with Gasteiger partial charge in [-0.1, -0.05) is 24.3 Å². The lowest BCUT2D eigenvalue weighted by Gasteiger charge is -2.35. The van der Waals surface area contributed by atoms with Gasteiger partial charge in [-0.2, -0.15) is 0 Å².